The lowest BCUT2D eigenvalue weighted by molar-refractivity contribution is 0.282. The van der Waals surface area contributed by atoms with Crippen molar-refractivity contribution in [3.05, 3.63) is 59.9 Å². The molecule has 1 N–H and O–H groups in total. The van der Waals surface area contributed by atoms with Gasteiger partial charge in [-0.3, -0.25) is 0 Å². The van der Waals surface area contributed by atoms with E-state index >= 15 is 0 Å². The third kappa shape index (κ3) is 1.89. The first-order valence-corrected chi connectivity index (χ1v) is 5.65. The average Bonchev–Trinajstić information content (AvgIpc) is 2.81. The summed E-state index contributed by atoms with van der Waals surface area (Å²) in [6.07, 6.45) is 0. The van der Waals surface area contributed by atoms with E-state index < -0.39 is 0 Å². The highest BCUT2D eigenvalue weighted by Crippen LogP contribution is 2.28. The van der Waals surface area contributed by atoms with Gasteiger partial charge in [-0.2, -0.15) is 0 Å². The van der Waals surface area contributed by atoms with Crippen LogP contribution in [0.5, 0.6) is 0 Å². The maximum atomic E-state index is 13.2. The molecule has 3 aromatic rings. The Balaban J connectivity index is 2.13. The first-order chi connectivity index (χ1) is 8.76. The lowest BCUT2D eigenvalue weighted by Crippen LogP contribution is -1.79. The predicted molar refractivity (Wildman–Crippen MR) is 67.5 cm³/mol. The second-order valence-corrected chi connectivity index (χ2v) is 4.15. The molecule has 0 amide bonds. The zero-order chi connectivity index (χ0) is 12.5. The van der Waals surface area contributed by atoms with Gasteiger partial charge in [0.1, 0.15) is 17.2 Å². The minimum absolute atomic E-state index is 0.00355. The van der Waals surface area contributed by atoms with Crippen molar-refractivity contribution in [3.8, 4) is 11.3 Å². The Hall–Kier alpha value is -2.13. The number of furan rings is 1. The van der Waals surface area contributed by atoms with Crippen molar-refractivity contribution in [3.63, 3.8) is 0 Å². The molecule has 0 aliphatic carbocycles. The molecule has 1 aromatic heterocycles. The lowest BCUT2D eigenvalue weighted by atomic mass is 10.1. The highest BCUT2D eigenvalue weighted by Gasteiger charge is 2.07. The fourth-order valence-corrected chi connectivity index (χ4v) is 1.98. The molecule has 18 heavy (non-hydrogen) atoms. The van der Waals surface area contributed by atoms with Gasteiger partial charge in [0.2, 0.25) is 0 Å². The first kappa shape index (κ1) is 11.0. The molecular weight excluding hydrogens is 231 g/mol. The zero-order valence-electron chi connectivity index (χ0n) is 9.56. The summed E-state index contributed by atoms with van der Waals surface area (Å²) in [5.74, 6) is 0.337. The molecule has 2 aromatic carbocycles. The molecule has 0 fully saturated rings. The molecule has 0 aliphatic rings. The summed E-state index contributed by atoms with van der Waals surface area (Å²) in [7, 11) is 0. The molecule has 0 unspecified atom stereocenters. The van der Waals surface area contributed by atoms with E-state index in [0.717, 1.165) is 16.5 Å². The first-order valence-electron chi connectivity index (χ1n) is 5.65. The lowest BCUT2D eigenvalue weighted by Gasteiger charge is -1.95. The van der Waals surface area contributed by atoms with Crippen molar-refractivity contribution in [2.75, 3.05) is 0 Å². The Morgan fingerprint density at radius 3 is 2.72 bits per heavy atom. The molecule has 3 rings (SSSR count). The van der Waals surface area contributed by atoms with Crippen molar-refractivity contribution < 1.29 is 13.9 Å². The van der Waals surface area contributed by atoms with Gasteiger partial charge in [-0.1, -0.05) is 18.2 Å². The van der Waals surface area contributed by atoms with Gasteiger partial charge in [0.25, 0.3) is 0 Å². The van der Waals surface area contributed by atoms with Crippen LogP contribution in [0.2, 0.25) is 0 Å². The topological polar surface area (TPSA) is 33.4 Å². The smallest absolute Gasteiger partial charge is 0.135 e. The van der Waals surface area contributed by atoms with Crippen LogP contribution in [0, 0.1) is 5.82 Å². The van der Waals surface area contributed by atoms with Crippen LogP contribution in [0.1, 0.15) is 5.56 Å². The molecule has 0 spiro atoms. The van der Waals surface area contributed by atoms with Crippen molar-refractivity contribution in [2.45, 2.75) is 6.61 Å². The van der Waals surface area contributed by atoms with E-state index in [4.69, 9.17) is 9.52 Å². The number of halogens is 1. The summed E-state index contributed by atoms with van der Waals surface area (Å²) in [4.78, 5) is 0. The van der Waals surface area contributed by atoms with Gasteiger partial charge in [-0.15, -0.1) is 0 Å². The Labute approximate surface area is 103 Å². The van der Waals surface area contributed by atoms with Crippen LogP contribution in [0.15, 0.2) is 52.9 Å². The number of fused-ring (bicyclic) bond motifs is 1. The number of benzene rings is 2. The van der Waals surface area contributed by atoms with E-state index in [9.17, 15) is 4.39 Å². The second-order valence-electron chi connectivity index (χ2n) is 4.15. The van der Waals surface area contributed by atoms with Gasteiger partial charge < -0.3 is 9.52 Å². The van der Waals surface area contributed by atoms with E-state index in [-0.39, 0.29) is 12.4 Å². The normalized spacial score (nSPS) is 11.0. The van der Waals surface area contributed by atoms with Crippen molar-refractivity contribution in [1.82, 2.24) is 0 Å². The fourth-order valence-electron chi connectivity index (χ4n) is 1.98. The van der Waals surface area contributed by atoms with Gasteiger partial charge in [0.15, 0.2) is 0 Å². The van der Waals surface area contributed by atoms with Crippen LogP contribution >= 0.6 is 0 Å². The summed E-state index contributed by atoms with van der Waals surface area (Å²) in [5, 5.41) is 9.98. The van der Waals surface area contributed by atoms with Crippen molar-refractivity contribution in [1.29, 1.82) is 0 Å². The summed E-state index contributed by atoms with van der Waals surface area (Å²) in [5.41, 5.74) is 2.26. The number of rotatable bonds is 2. The Morgan fingerprint density at radius 1 is 1.06 bits per heavy atom. The maximum absolute atomic E-state index is 13.2. The number of hydrogen-bond acceptors (Lipinski definition) is 2. The third-order valence-electron chi connectivity index (χ3n) is 2.87. The molecular formula is C15H11FO2. The van der Waals surface area contributed by atoms with Crippen molar-refractivity contribution >= 4 is 11.0 Å². The quantitative estimate of drug-likeness (QED) is 0.742. The maximum Gasteiger partial charge on any atom is 0.135 e. The van der Waals surface area contributed by atoms with E-state index in [1.54, 1.807) is 18.2 Å². The van der Waals surface area contributed by atoms with E-state index in [1.807, 2.05) is 18.2 Å². The molecule has 0 saturated heterocycles. The average molecular weight is 242 g/mol. The molecule has 0 saturated carbocycles. The van der Waals surface area contributed by atoms with Gasteiger partial charge >= 0.3 is 0 Å². The largest absolute Gasteiger partial charge is 0.456 e. The molecule has 3 heteroatoms. The summed E-state index contributed by atoms with van der Waals surface area (Å²) in [6, 6.07) is 13.6. The summed E-state index contributed by atoms with van der Waals surface area (Å²) in [6.45, 7) is -0.00355. The molecule has 1 heterocycles. The van der Waals surface area contributed by atoms with Crippen LogP contribution < -0.4 is 0 Å². The predicted octanol–water partition coefficient (Wildman–Crippen LogP) is 3.73. The number of aliphatic hydroxyl groups excluding tert-OH is 1. The van der Waals surface area contributed by atoms with Gasteiger partial charge in [0.05, 0.1) is 6.61 Å². The summed E-state index contributed by atoms with van der Waals surface area (Å²) >= 11 is 0. The van der Waals surface area contributed by atoms with E-state index in [0.29, 0.717) is 11.3 Å². The molecule has 90 valence electrons. The standard InChI is InChI=1S/C15H11FO2/c16-13-3-1-2-11(7-13)15-8-12-6-10(9-17)4-5-14(12)18-15/h1-8,17H,9H2. The number of hydrogen-bond donors (Lipinski definition) is 1. The van der Waals surface area contributed by atoms with Gasteiger partial charge in [0, 0.05) is 10.9 Å². The molecule has 0 bridgehead atoms. The minimum Gasteiger partial charge on any atom is -0.456 e. The minimum atomic E-state index is -0.288. The Morgan fingerprint density at radius 2 is 1.94 bits per heavy atom. The highest BCUT2D eigenvalue weighted by atomic mass is 19.1. The molecule has 0 atom stereocenters. The Kier molecular flexibility index (Phi) is 2.61. The van der Waals surface area contributed by atoms with Crippen molar-refractivity contribution in [2.24, 2.45) is 0 Å². The van der Waals surface area contributed by atoms with E-state index in [2.05, 4.69) is 0 Å². The molecule has 0 radical (unpaired) electrons. The van der Waals surface area contributed by atoms with E-state index in [1.165, 1.54) is 12.1 Å². The highest BCUT2D eigenvalue weighted by molar-refractivity contribution is 5.83. The molecule has 2 nitrogen and oxygen atoms in total. The van der Waals surface area contributed by atoms with Crippen LogP contribution in [-0.2, 0) is 6.61 Å². The monoisotopic (exact) mass is 242 g/mol. The van der Waals surface area contributed by atoms with Crippen LogP contribution in [0.25, 0.3) is 22.3 Å². The third-order valence-corrected chi connectivity index (χ3v) is 2.87. The van der Waals surface area contributed by atoms with Gasteiger partial charge in [-0.25, -0.2) is 4.39 Å². The summed E-state index contributed by atoms with van der Waals surface area (Å²) < 4.78 is 18.8. The SMILES string of the molecule is OCc1ccc2oc(-c3cccc(F)c3)cc2c1. The van der Waals surface area contributed by atoms with Crippen LogP contribution in [0.4, 0.5) is 4.39 Å². The van der Waals surface area contributed by atoms with Gasteiger partial charge in [-0.05, 0) is 35.9 Å². The molecule has 0 aliphatic heterocycles. The Bertz CT molecular complexity index is 701. The number of aliphatic hydroxyl groups is 1. The van der Waals surface area contributed by atoms with Crippen LogP contribution in [0.3, 0.4) is 0 Å². The van der Waals surface area contributed by atoms with Crippen LogP contribution in [-0.4, -0.2) is 5.11 Å². The zero-order valence-corrected chi connectivity index (χ0v) is 9.56. The second kappa shape index (κ2) is 4.27. The fraction of sp³-hybridized carbons (Fsp3) is 0.0667.